The van der Waals surface area contributed by atoms with Crippen molar-refractivity contribution in [2.75, 3.05) is 5.32 Å². The Balaban J connectivity index is 2.15. The monoisotopic (exact) mass is 275 g/mol. The average Bonchev–Trinajstić information content (AvgIpc) is 2.40. The molecule has 0 aromatic carbocycles. The molecule has 2 N–H and O–H groups in total. The van der Waals surface area contributed by atoms with E-state index in [0.717, 1.165) is 0 Å². The first-order chi connectivity index (χ1) is 9.46. The molecule has 0 saturated carbocycles. The van der Waals surface area contributed by atoms with Crippen molar-refractivity contribution >= 4 is 11.6 Å². The summed E-state index contributed by atoms with van der Waals surface area (Å²) in [5.41, 5.74) is 0.482. The van der Waals surface area contributed by atoms with Crippen LogP contribution >= 0.6 is 0 Å². The summed E-state index contributed by atoms with van der Waals surface area (Å²) in [5.74, 6) is 0.230. The van der Waals surface area contributed by atoms with Crippen molar-refractivity contribution in [3.05, 3.63) is 42.0 Å². The van der Waals surface area contributed by atoms with Gasteiger partial charge in [0.2, 0.25) is 0 Å². The lowest BCUT2D eigenvalue weighted by atomic mass is 10.1. The summed E-state index contributed by atoms with van der Waals surface area (Å²) in [5, 5.41) is 13.6. The van der Waals surface area contributed by atoms with Gasteiger partial charge in [-0.3, -0.25) is 0 Å². The molecule has 0 fully saturated rings. The number of nitrogens with one attached hydrogen (secondary N) is 2. The zero-order valence-corrected chi connectivity index (χ0v) is 11.8. The Labute approximate surface area is 117 Å². The Morgan fingerprint density at radius 1 is 1.20 bits per heavy atom. The number of aromatic nitrogens is 3. The van der Waals surface area contributed by atoms with Crippen LogP contribution in [-0.4, -0.2) is 20.7 Å². The molecule has 0 spiro atoms. The number of halogens is 1. The second kappa shape index (κ2) is 5.92. The summed E-state index contributed by atoms with van der Waals surface area (Å²) < 4.78 is 14.3. The van der Waals surface area contributed by atoms with Crippen LogP contribution in [0.4, 0.5) is 16.0 Å². The molecule has 0 unspecified atom stereocenters. The SMILES string of the molecule is CC(C)(C)NCc1ccnc(Nc2cccnn2)c1F. The summed E-state index contributed by atoms with van der Waals surface area (Å²) in [7, 11) is 0. The Morgan fingerprint density at radius 3 is 2.65 bits per heavy atom. The molecule has 0 aliphatic heterocycles. The van der Waals surface area contributed by atoms with Gasteiger partial charge in [-0.1, -0.05) is 0 Å². The van der Waals surface area contributed by atoms with E-state index in [4.69, 9.17) is 0 Å². The smallest absolute Gasteiger partial charge is 0.170 e. The van der Waals surface area contributed by atoms with Crippen LogP contribution in [-0.2, 0) is 6.54 Å². The van der Waals surface area contributed by atoms with Gasteiger partial charge in [0, 0.05) is 30.0 Å². The fourth-order valence-electron chi connectivity index (χ4n) is 1.56. The molecule has 2 rings (SSSR count). The standard InChI is InChI=1S/C14H18FN5/c1-14(2,3)17-9-10-6-8-16-13(12(10)15)19-11-5-4-7-18-20-11/h4-8,17H,9H2,1-3H3,(H,16,19,20). The first-order valence-corrected chi connectivity index (χ1v) is 6.39. The maximum atomic E-state index is 14.3. The number of pyridine rings is 1. The highest BCUT2D eigenvalue weighted by atomic mass is 19.1. The minimum absolute atomic E-state index is 0.0752. The van der Waals surface area contributed by atoms with E-state index in [0.29, 0.717) is 17.9 Å². The van der Waals surface area contributed by atoms with Gasteiger partial charge in [-0.15, -0.1) is 5.10 Å². The Morgan fingerprint density at radius 2 is 2.00 bits per heavy atom. The summed E-state index contributed by atoms with van der Waals surface area (Å²) >= 11 is 0. The first kappa shape index (κ1) is 14.3. The third-order valence-electron chi connectivity index (χ3n) is 2.60. The molecule has 0 radical (unpaired) electrons. The highest BCUT2D eigenvalue weighted by Crippen LogP contribution is 2.18. The van der Waals surface area contributed by atoms with Crippen molar-refractivity contribution in [2.45, 2.75) is 32.9 Å². The molecule has 106 valence electrons. The number of hydrogen-bond donors (Lipinski definition) is 2. The maximum absolute atomic E-state index is 14.3. The highest BCUT2D eigenvalue weighted by molar-refractivity contribution is 5.52. The molecular formula is C14H18FN5. The Bertz CT molecular complexity index is 566. The van der Waals surface area contributed by atoms with Crippen LogP contribution in [0.3, 0.4) is 0 Å². The lowest BCUT2D eigenvalue weighted by molar-refractivity contribution is 0.418. The van der Waals surface area contributed by atoms with Gasteiger partial charge in [0.1, 0.15) is 0 Å². The molecule has 0 amide bonds. The van der Waals surface area contributed by atoms with E-state index in [2.05, 4.69) is 25.8 Å². The van der Waals surface area contributed by atoms with Gasteiger partial charge < -0.3 is 10.6 Å². The minimum atomic E-state index is -0.380. The number of anilines is 2. The van der Waals surface area contributed by atoms with Crippen LogP contribution in [0, 0.1) is 5.82 Å². The largest absolute Gasteiger partial charge is 0.321 e. The van der Waals surface area contributed by atoms with Crippen LogP contribution in [0.25, 0.3) is 0 Å². The summed E-state index contributed by atoms with van der Waals surface area (Å²) in [6, 6.07) is 5.09. The Hall–Kier alpha value is -2.08. The van der Waals surface area contributed by atoms with Crippen LogP contribution in [0.5, 0.6) is 0 Å². The van der Waals surface area contributed by atoms with Crippen molar-refractivity contribution < 1.29 is 4.39 Å². The third kappa shape index (κ3) is 3.96. The molecule has 2 heterocycles. The predicted molar refractivity (Wildman–Crippen MR) is 76.1 cm³/mol. The molecule has 5 nitrogen and oxygen atoms in total. The predicted octanol–water partition coefficient (Wildman–Crippen LogP) is 2.64. The van der Waals surface area contributed by atoms with E-state index < -0.39 is 0 Å². The van der Waals surface area contributed by atoms with E-state index in [9.17, 15) is 4.39 Å². The fraction of sp³-hybridized carbons (Fsp3) is 0.357. The highest BCUT2D eigenvalue weighted by Gasteiger charge is 2.13. The number of nitrogens with zero attached hydrogens (tertiary/aromatic N) is 3. The van der Waals surface area contributed by atoms with Gasteiger partial charge in [-0.05, 0) is 39.0 Å². The first-order valence-electron chi connectivity index (χ1n) is 6.39. The van der Waals surface area contributed by atoms with Gasteiger partial charge >= 0.3 is 0 Å². The maximum Gasteiger partial charge on any atom is 0.170 e. The van der Waals surface area contributed by atoms with E-state index >= 15 is 0 Å². The molecule has 0 saturated heterocycles. The normalized spacial score (nSPS) is 11.4. The zero-order valence-electron chi connectivity index (χ0n) is 11.8. The molecule has 0 aliphatic carbocycles. The Kier molecular flexibility index (Phi) is 4.24. The summed E-state index contributed by atoms with van der Waals surface area (Å²) in [6.07, 6.45) is 3.13. The lowest BCUT2D eigenvalue weighted by Crippen LogP contribution is -2.35. The van der Waals surface area contributed by atoms with Gasteiger partial charge in [-0.25, -0.2) is 9.37 Å². The third-order valence-corrected chi connectivity index (χ3v) is 2.60. The van der Waals surface area contributed by atoms with Crippen LogP contribution in [0.15, 0.2) is 30.6 Å². The van der Waals surface area contributed by atoms with Crippen molar-refractivity contribution in [1.29, 1.82) is 0 Å². The molecule has 6 heteroatoms. The molecule has 0 aliphatic rings. The van der Waals surface area contributed by atoms with E-state index in [-0.39, 0.29) is 17.2 Å². The van der Waals surface area contributed by atoms with Crippen molar-refractivity contribution in [3.63, 3.8) is 0 Å². The lowest BCUT2D eigenvalue weighted by Gasteiger charge is -2.21. The van der Waals surface area contributed by atoms with E-state index in [1.54, 1.807) is 30.6 Å². The number of rotatable bonds is 4. The van der Waals surface area contributed by atoms with Crippen molar-refractivity contribution in [3.8, 4) is 0 Å². The van der Waals surface area contributed by atoms with Crippen LogP contribution < -0.4 is 10.6 Å². The van der Waals surface area contributed by atoms with Crippen LogP contribution in [0.1, 0.15) is 26.3 Å². The fourth-order valence-corrected chi connectivity index (χ4v) is 1.56. The van der Waals surface area contributed by atoms with Crippen molar-refractivity contribution in [2.24, 2.45) is 0 Å². The molecule has 20 heavy (non-hydrogen) atoms. The van der Waals surface area contributed by atoms with Gasteiger partial charge in [0.15, 0.2) is 17.5 Å². The molecule has 2 aromatic heterocycles. The molecule has 0 atom stereocenters. The van der Waals surface area contributed by atoms with E-state index in [1.807, 2.05) is 20.8 Å². The van der Waals surface area contributed by atoms with Gasteiger partial charge in [0.05, 0.1) is 0 Å². The summed E-state index contributed by atoms with van der Waals surface area (Å²) in [6.45, 7) is 6.54. The average molecular weight is 275 g/mol. The topological polar surface area (TPSA) is 62.7 Å². The molecule has 0 bridgehead atoms. The van der Waals surface area contributed by atoms with E-state index in [1.165, 1.54) is 0 Å². The minimum Gasteiger partial charge on any atom is -0.321 e. The second-order valence-corrected chi connectivity index (χ2v) is 5.47. The quantitative estimate of drug-likeness (QED) is 0.898. The second-order valence-electron chi connectivity index (χ2n) is 5.47. The zero-order chi connectivity index (χ0) is 14.6. The molecule has 2 aromatic rings. The van der Waals surface area contributed by atoms with Crippen LogP contribution in [0.2, 0.25) is 0 Å². The number of hydrogen-bond acceptors (Lipinski definition) is 5. The van der Waals surface area contributed by atoms with Gasteiger partial charge in [-0.2, -0.15) is 5.10 Å². The van der Waals surface area contributed by atoms with Gasteiger partial charge in [0.25, 0.3) is 0 Å². The van der Waals surface area contributed by atoms with Crippen molar-refractivity contribution in [1.82, 2.24) is 20.5 Å². The summed E-state index contributed by atoms with van der Waals surface area (Å²) in [4.78, 5) is 4.00. The molecular weight excluding hydrogens is 257 g/mol.